The molecule has 0 spiro atoms. The van der Waals surface area contributed by atoms with E-state index < -0.39 is 10.0 Å². The second-order valence-electron chi connectivity index (χ2n) is 5.85. The molecule has 1 amide bonds. The summed E-state index contributed by atoms with van der Waals surface area (Å²) in [6.07, 6.45) is 1.48. The van der Waals surface area contributed by atoms with Crippen LogP contribution in [-0.2, 0) is 16.6 Å². The van der Waals surface area contributed by atoms with Crippen LogP contribution in [0.15, 0.2) is 74.6 Å². The fourth-order valence-corrected chi connectivity index (χ4v) is 3.61. The number of rotatable bonds is 6. The monoisotopic (exact) mass is 448 g/mol. The van der Waals surface area contributed by atoms with Gasteiger partial charge in [-0.25, -0.2) is 13.1 Å². The third-order valence-corrected chi connectivity index (χ3v) is 6.17. The predicted octanol–water partition coefficient (Wildman–Crippen LogP) is 4.08. The maximum absolute atomic E-state index is 12.4. The quantitative estimate of drug-likeness (QED) is 0.594. The van der Waals surface area contributed by atoms with Crippen molar-refractivity contribution in [2.75, 3.05) is 5.32 Å². The van der Waals surface area contributed by atoms with Gasteiger partial charge in [0, 0.05) is 15.7 Å². The summed E-state index contributed by atoms with van der Waals surface area (Å²) >= 11 is 3.41. The second kappa shape index (κ2) is 8.08. The fourth-order valence-electron chi connectivity index (χ4n) is 2.37. The van der Waals surface area contributed by atoms with Gasteiger partial charge in [0.15, 0.2) is 0 Å². The van der Waals surface area contributed by atoms with E-state index in [-0.39, 0.29) is 17.3 Å². The van der Waals surface area contributed by atoms with Gasteiger partial charge in [-0.15, -0.1) is 0 Å². The molecule has 0 aliphatic carbocycles. The summed E-state index contributed by atoms with van der Waals surface area (Å²) in [4.78, 5) is 12.4. The van der Waals surface area contributed by atoms with E-state index in [4.69, 9.17) is 4.42 Å². The molecule has 6 nitrogen and oxygen atoms in total. The molecule has 27 heavy (non-hydrogen) atoms. The molecular weight excluding hydrogens is 432 g/mol. The molecule has 0 aliphatic heterocycles. The number of aryl methyl sites for hydroxylation is 1. The molecule has 140 valence electrons. The predicted molar refractivity (Wildman–Crippen MR) is 106 cm³/mol. The Bertz CT molecular complexity index is 1050. The number of nitrogens with one attached hydrogen (secondary N) is 2. The summed E-state index contributed by atoms with van der Waals surface area (Å²) in [7, 11) is -3.70. The maximum Gasteiger partial charge on any atom is 0.255 e. The first-order valence-corrected chi connectivity index (χ1v) is 10.3. The minimum Gasteiger partial charge on any atom is -0.468 e. The molecule has 1 aromatic heterocycles. The Morgan fingerprint density at radius 3 is 2.48 bits per heavy atom. The number of carbonyl (C=O) groups excluding carboxylic acids is 1. The van der Waals surface area contributed by atoms with E-state index in [2.05, 4.69) is 26.0 Å². The van der Waals surface area contributed by atoms with Crippen LogP contribution >= 0.6 is 15.9 Å². The molecule has 0 saturated carbocycles. The summed E-state index contributed by atoms with van der Waals surface area (Å²) in [6.45, 7) is 1.98. The van der Waals surface area contributed by atoms with E-state index >= 15 is 0 Å². The minimum absolute atomic E-state index is 0.0560. The molecule has 0 bridgehead atoms. The van der Waals surface area contributed by atoms with Crippen molar-refractivity contribution in [3.05, 3.63) is 82.2 Å². The smallest absolute Gasteiger partial charge is 0.255 e. The average Bonchev–Trinajstić information content (AvgIpc) is 3.17. The van der Waals surface area contributed by atoms with Gasteiger partial charge in [-0.05, 0) is 67.1 Å². The van der Waals surface area contributed by atoms with Crippen LogP contribution in [0.25, 0.3) is 0 Å². The Labute approximate surface area is 165 Å². The van der Waals surface area contributed by atoms with Gasteiger partial charge in [-0.2, -0.15) is 0 Å². The zero-order valence-corrected chi connectivity index (χ0v) is 16.8. The second-order valence-corrected chi connectivity index (χ2v) is 8.47. The lowest BCUT2D eigenvalue weighted by molar-refractivity contribution is 0.102. The van der Waals surface area contributed by atoms with Crippen molar-refractivity contribution in [1.82, 2.24) is 4.72 Å². The average molecular weight is 449 g/mol. The lowest BCUT2D eigenvalue weighted by atomic mass is 10.2. The molecule has 0 unspecified atom stereocenters. The van der Waals surface area contributed by atoms with Crippen LogP contribution in [0.3, 0.4) is 0 Å². The maximum atomic E-state index is 12.4. The van der Waals surface area contributed by atoms with Crippen molar-refractivity contribution >= 4 is 37.5 Å². The van der Waals surface area contributed by atoms with Gasteiger partial charge in [-0.1, -0.05) is 15.9 Å². The Balaban J connectivity index is 1.68. The topological polar surface area (TPSA) is 88.4 Å². The van der Waals surface area contributed by atoms with E-state index in [1.807, 2.05) is 19.1 Å². The van der Waals surface area contributed by atoms with Crippen LogP contribution in [0.2, 0.25) is 0 Å². The summed E-state index contributed by atoms with van der Waals surface area (Å²) in [6, 6.07) is 14.6. The molecule has 0 fully saturated rings. The first-order valence-electron chi connectivity index (χ1n) is 8.05. The third kappa shape index (κ3) is 4.85. The van der Waals surface area contributed by atoms with Crippen LogP contribution in [0.5, 0.6) is 0 Å². The Kier molecular flexibility index (Phi) is 5.79. The molecule has 2 N–H and O–H groups in total. The van der Waals surface area contributed by atoms with E-state index in [1.165, 1.54) is 30.5 Å². The van der Waals surface area contributed by atoms with Crippen LogP contribution in [0, 0.1) is 6.92 Å². The van der Waals surface area contributed by atoms with Gasteiger partial charge in [0.05, 0.1) is 17.7 Å². The van der Waals surface area contributed by atoms with Crippen molar-refractivity contribution in [1.29, 1.82) is 0 Å². The number of amides is 1. The van der Waals surface area contributed by atoms with E-state index in [9.17, 15) is 13.2 Å². The highest BCUT2D eigenvalue weighted by Crippen LogP contribution is 2.21. The lowest BCUT2D eigenvalue weighted by Crippen LogP contribution is -2.23. The first kappa shape index (κ1) is 19.3. The normalized spacial score (nSPS) is 11.3. The standard InChI is InChI=1S/C19H17BrN2O4S/c1-13-11-15(6-9-18(13)20)22-19(23)14-4-7-17(8-5-14)27(24,25)21-12-16-3-2-10-26-16/h2-11,21H,12H2,1H3,(H,22,23). The van der Waals surface area contributed by atoms with E-state index in [0.717, 1.165) is 10.0 Å². The van der Waals surface area contributed by atoms with E-state index in [1.54, 1.807) is 18.2 Å². The van der Waals surface area contributed by atoms with Crippen LogP contribution in [-0.4, -0.2) is 14.3 Å². The van der Waals surface area contributed by atoms with Crippen molar-refractivity contribution in [2.24, 2.45) is 0 Å². The number of sulfonamides is 1. The molecule has 3 rings (SSSR count). The molecule has 2 aromatic carbocycles. The number of anilines is 1. The van der Waals surface area contributed by atoms with Crippen LogP contribution in [0.4, 0.5) is 5.69 Å². The number of hydrogen-bond donors (Lipinski definition) is 2. The number of hydrogen-bond acceptors (Lipinski definition) is 4. The number of halogens is 1. The zero-order valence-electron chi connectivity index (χ0n) is 14.4. The van der Waals surface area contributed by atoms with Crippen molar-refractivity contribution in [3.8, 4) is 0 Å². The summed E-state index contributed by atoms with van der Waals surface area (Å²) in [5.74, 6) is 0.198. The molecule has 8 heteroatoms. The van der Waals surface area contributed by atoms with Crippen molar-refractivity contribution in [2.45, 2.75) is 18.4 Å². The first-order chi connectivity index (χ1) is 12.8. The fraction of sp³-hybridized carbons (Fsp3) is 0.105. The highest BCUT2D eigenvalue weighted by molar-refractivity contribution is 9.10. The third-order valence-electron chi connectivity index (χ3n) is 3.86. The molecule has 0 saturated heterocycles. The van der Waals surface area contributed by atoms with Crippen molar-refractivity contribution in [3.63, 3.8) is 0 Å². The molecule has 1 heterocycles. The summed E-state index contributed by atoms with van der Waals surface area (Å²) in [5.41, 5.74) is 2.02. The van der Waals surface area contributed by atoms with E-state index in [0.29, 0.717) is 17.0 Å². The van der Waals surface area contributed by atoms with Gasteiger partial charge >= 0.3 is 0 Å². The number of carbonyl (C=O) groups is 1. The Morgan fingerprint density at radius 1 is 1.11 bits per heavy atom. The Hall–Kier alpha value is -2.42. The SMILES string of the molecule is Cc1cc(NC(=O)c2ccc(S(=O)(=O)NCc3ccco3)cc2)ccc1Br. The summed E-state index contributed by atoms with van der Waals surface area (Å²) in [5, 5.41) is 2.79. The van der Waals surface area contributed by atoms with Gasteiger partial charge in [0.25, 0.3) is 5.91 Å². The molecule has 3 aromatic rings. The largest absolute Gasteiger partial charge is 0.468 e. The van der Waals surface area contributed by atoms with Gasteiger partial charge in [0.2, 0.25) is 10.0 Å². The van der Waals surface area contributed by atoms with Gasteiger partial charge in [-0.3, -0.25) is 4.79 Å². The zero-order chi connectivity index (χ0) is 19.4. The van der Waals surface area contributed by atoms with Crippen molar-refractivity contribution < 1.29 is 17.6 Å². The number of benzene rings is 2. The lowest BCUT2D eigenvalue weighted by Gasteiger charge is -2.09. The molecular formula is C19H17BrN2O4S. The van der Waals surface area contributed by atoms with Crippen LogP contribution < -0.4 is 10.0 Å². The molecule has 0 radical (unpaired) electrons. The van der Waals surface area contributed by atoms with Crippen LogP contribution in [0.1, 0.15) is 21.7 Å². The molecule has 0 atom stereocenters. The minimum atomic E-state index is -3.70. The van der Waals surface area contributed by atoms with Gasteiger partial charge in [0.1, 0.15) is 5.76 Å². The highest BCUT2D eigenvalue weighted by Gasteiger charge is 2.15. The summed E-state index contributed by atoms with van der Waals surface area (Å²) < 4.78 is 33.1. The highest BCUT2D eigenvalue weighted by atomic mass is 79.9. The Morgan fingerprint density at radius 2 is 1.85 bits per heavy atom. The number of furan rings is 1. The van der Waals surface area contributed by atoms with Gasteiger partial charge < -0.3 is 9.73 Å². The molecule has 0 aliphatic rings.